The zero-order valence-corrected chi connectivity index (χ0v) is 10.5. The molecule has 0 aliphatic rings. The lowest BCUT2D eigenvalue weighted by Crippen LogP contribution is -2.19. The van der Waals surface area contributed by atoms with Crippen LogP contribution in [0, 0.1) is 0 Å². The number of nitrogens with zero attached hydrogens (tertiary/aromatic N) is 3. The first kappa shape index (κ1) is 13.6. The summed E-state index contributed by atoms with van der Waals surface area (Å²) in [5.41, 5.74) is 0. The van der Waals surface area contributed by atoms with E-state index < -0.39 is 0 Å². The fourth-order valence-corrected chi connectivity index (χ4v) is 1.48. The second-order valence-corrected chi connectivity index (χ2v) is 3.58. The average Bonchev–Trinajstić information content (AvgIpc) is 2.76. The van der Waals surface area contributed by atoms with Crippen molar-refractivity contribution >= 4 is 5.97 Å². The Morgan fingerprint density at radius 1 is 1.53 bits per heavy atom. The summed E-state index contributed by atoms with van der Waals surface area (Å²) >= 11 is 0. The van der Waals surface area contributed by atoms with Gasteiger partial charge in [-0.05, 0) is 26.8 Å². The van der Waals surface area contributed by atoms with Gasteiger partial charge in [0.05, 0.1) is 13.2 Å². The van der Waals surface area contributed by atoms with E-state index in [1.54, 1.807) is 6.33 Å². The Morgan fingerprint density at radius 3 is 3.06 bits per heavy atom. The van der Waals surface area contributed by atoms with Gasteiger partial charge in [0.25, 0.3) is 0 Å². The van der Waals surface area contributed by atoms with Crippen molar-refractivity contribution in [3.63, 3.8) is 0 Å². The van der Waals surface area contributed by atoms with Crippen molar-refractivity contribution in [2.24, 2.45) is 0 Å². The van der Waals surface area contributed by atoms with E-state index in [-0.39, 0.29) is 5.97 Å². The van der Waals surface area contributed by atoms with Crippen molar-refractivity contribution in [2.75, 3.05) is 13.2 Å². The van der Waals surface area contributed by atoms with Gasteiger partial charge in [-0.2, -0.15) is 5.10 Å². The molecule has 0 bridgehead atoms. The summed E-state index contributed by atoms with van der Waals surface area (Å²) < 4.78 is 6.68. The Balaban J connectivity index is 2.10. The van der Waals surface area contributed by atoms with Crippen molar-refractivity contribution in [3.05, 3.63) is 12.2 Å². The number of ether oxygens (including phenoxy) is 1. The summed E-state index contributed by atoms with van der Waals surface area (Å²) in [5.74, 6) is 0.787. The Kier molecular flexibility index (Phi) is 6.24. The molecule has 0 spiro atoms. The third-order valence-electron chi connectivity index (χ3n) is 2.32. The molecule has 17 heavy (non-hydrogen) atoms. The number of carbonyl (C=O) groups is 1. The van der Waals surface area contributed by atoms with E-state index in [0.717, 1.165) is 25.3 Å². The Hall–Kier alpha value is -1.43. The van der Waals surface area contributed by atoms with E-state index >= 15 is 0 Å². The van der Waals surface area contributed by atoms with Crippen LogP contribution in [0.4, 0.5) is 0 Å². The average molecular weight is 240 g/mol. The molecule has 96 valence electrons. The molecule has 0 saturated heterocycles. The minimum absolute atomic E-state index is 0.133. The number of rotatable bonds is 8. The van der Waals surface area contributed by atoms with E-state index in [1.165, 1.54) is 0 Å². The number of carbonyl (C=O) groups excluding carboxylic acids is 1. The summed E-state index contributed by atoms with van der Waals surface area (Å²) in [6.07, 6.45) is 2.79. The molecule has 1 N–H and O–H groups in total. The third kappa shape index (κ3) is 4.95. The molecule has 0 saturated carbocycles. The quantitative estimate of drug-likeness (QED) is 0.536. The highest BCUT2D eigenvalue weighted by molar-refractivity contribution is 5.69. The van der Waals surface area contributed by atoms with E-state index in [0.29, 0.717) is 19.6 Å². The second-order valence-electron chi connectivity index (χ2n) is 3.58. The molecule has 0 aliphatic carbocycles. The molecule has 6 heteroatoms. The Labute approximate surface area is 101 Å². The Bertz CT molecular complexity index is 338. The number of hydrogen-bond donors (Lipinski definition) is 1. The second kappa shape index (κ2) is 7.78. The maximum Gasteiger partial charge on any atom is 0.305 e. The molecule has 1 aromatic rings. The molecule has 0 aromatic carbocycles. The molecule has 1 aromatic heterocycles. The molecule has 0 aliphatic heterocycles. The molecule has 6 nitrogen and oxygen atoms in total. The SMILES string of the molecule is CCOC(=O)CCCNCc1ncnn1CC. The topological polar surface area (TPSA) is 69.0 Å². The van der Waals surface area contributed by atoms with E-state index in [4.69, 9.17) is 4.74 Å². The van der Waals surface area contributed by atoms with Crippen LogP contribution in [0.2, 0.25) is 0 Å². The number of aromatic nitrogens is 3. The van der Waals surface area contributed by atoms with Crippen LogP contribution < -0.4 is 5.32 Å². The van der Waals surface area contributed by atoms with Crippen molar-refractivity contribution in [3.8, 4) is 0 Å². The van der Waals surface area contributed by atoms with Gasteiger partial charge in [-0.15, -0.1) is 0 Å². The van der Waals surface area contributed by atoms with Gasteiger partial charge in [-0.3, -0.25) is 4.79 Å². The highest BCUT2D eigenvalue weighted by Crippen LogP contribution is 1.95. The minimum Gasteiger partial charge on any atom is -0.466 e. The van der Waals surface area contributed by atoms with Crippen molar-refractivity contribution < 1.29 is 9.53 Å². The number of hydrogen-bond acceptors (Lipinski definition) is 5. The number of nitrogens with one attached hydrogen (secondary N) is 1. The number of esters is 1. The van der Waals surface area contributed by atoms with Crippen LogP contribution in [0.3, 0.4) is 0 Å². The number of aryl methyl sites for hydroxylation is 1. The molecule has 0 atom stereocenters. The molecule has 0 unspecified atom stereocenters. The molecule has 0 amide bonds. The molecule has 1 rings (SSSR count). The van der Waals surface area contributed by atoms with Crippen LogP contribution in [-0.2, 0) is 22.6 Å². The lowest BCUT2D eigenvalue weighted by atomic mass is 10.3. The van der Waals surface area contributed by atoms with Crippen molar-refractivity contribution in [1.29, 1.82) is 0 Å². The summed E-state index contributed by atoms with van der Waals surface area (Å²) in [6, 6.07) is 0. The lowest BCUT2D eigenvalue weighted by molar-refractivity contribution is -0.143. The van der Waals surface area contributed by atoms with E-state index in [1.807, 2.05) is 18.5 Å². The van der Waals surface area contributed by atoms with Crippen LogP contribution in [0.1, 0.15) is 32.5 Å². The van der Waals surface area contributed by atoms with Gasteiger partial charge in [-0.25, -0.2) is 9.67 Å². The van der Waals surface area contributed by atoms with Gasteiger partial charge in [0, 0.05) is 13.0 Å². The predicted octanol–water partition coefficient (Wildman–Crippen LogP) is 0.731. The maximum absolute atomic E-state index is 11.1. The fourth-order valence-electron chi connectivity index (χ4n) is 1.48. The van der Waals surface area contributed by atoms with Crippen LogP contribution >= 0.6 is 0 Å². The highest BCUT2D eigenvalue weighted by atomic mass is 16.5. The first-order valence-electron chi connectivity index (χ1n) is 6.01. The summed E-state index contributed by atoms with van der Waals surface area (Å²) in [4.78, 5) is 15.2. The van der Waals surface area contributed by atoms with Crippen molar-refractivity contribution in [2.45, 2.75) is 39.8 Å². The summed E-state index contributed by atoms with van der Waals surface area (Å²) in [6.45, 7) is 6.56. The van der Waals surface area contributed by atoms with E-state index in [9.17, 15) is 4.79 Å². The molecular weight excluding hydrogens is 220 g/mol. The van der Waals surface area contributed by atoms with Gasteiger partial charge in [0.1, 0.15) is 12.2 Å². The van der Waals surface area contributed by atoms with Crippen LogP contribution in [-0.4, -0.2) is 33.9 Å². The summed E-state index contributed by atoms with van der Waals surface area (Å²) in [7, 11) is 0. The van der Waals surface area contributed by atoms with Crippen LogP contribution in [0.25, 0.3) is 0 Å². The molecule has 1 heterocycles. The standard InChI is InChI=1S/C11H20N4O2/c1-3-15-10(13-9-14-15)8-12-7-5-6-11(16)17-4-2/h9,12H,3-8H2,1-2H3. The lowest BCUT2D eigenvalue weighted by Gasteiger charge is -2.05. The highest BCUT2D eigenvalue weighted by Gasteiger charge is 2.03. The van der Waals surface area contributed by atoms with Gasteiger partial charge in [0.2, 0.25) is 0 Å². The fraction of sp³-hybridized carbons (Fsp3) is 0.727. The predicted molar refractivity (Wildman–Crippen MR) is 63.3 cm³/mol. The molecule has 0 fully saturated rings. The zero-order chi connectivity index (χ0) is 12.5. The maximum atomic E-state index is 11.1. The third-order valence-corrected chi connectivity index (χ3v) is 2.32. The van der Waals surface area contributed by atoms with E-state index in [2.05, 4.69) is 15.4 Å². The van der Waals surface area contributed by atoms with Gasteiger partial charge >= 0.3 is 5.97 Å². The first-order valence-corrected chi connectivity index (χ1v) is 6.01. The smallest absolute Gasteiger partial charge is 0.305 e. The zero-order valence-electron chi connectivity index (χ0n) is 10.5. The first-order chi connectivity index (χ1) is 8.27. The largest absolute Gasteiger partial charge is 0.466 e. The van der Waals surface area contributed by atoms with Crippen LogP contribution in [0.5, 0.6) is 0 Å². The van der Waals surface area contributed by atoms with Gasteiger partial charge in [0.15, 0.2) is 0 Å². The molecular formula is C11H20N4O2. The minimum atomic E-state index is -0.133. The van der Waals surface area contributed by atoms with Gasteiger partial charge < -0.3 is 10.1 Å². The monoisotopic (exact) mass is 240 g/mol. The van der Waals surface area contributed by atoms with Crippen molar-refractivity contribution in [1.82, 2.24) is 20.1 Å². The Morgan fingerprint density at radius 2 is 2.35 bits per heavy atom. The molecule has 0 radical (unpaired) electrons. The summed E-state index contributed by atoms with van der Waals surface area (Å²) in [5, 5.41) is 7.31. The van der Waals surface area contributed by atoms with Gasteiger partial charge in [-0.1, -0.05) is 0 Å². The normalized spacial score (nSPS) is 10.5. The van der Waals surface area contributed by atoms with Crippen LogP contribution in [0.15, 0.2) is 6.33 Å².